The van der Waals surface area contributed by atoms with E-state index in [4.69, 9.17) is 11.6 Å². The molecule has 0 aromatic carbocycles. The van der Waals surface area contributed by atoms with Gasteiger partial charge in [0.05, 0.1) is 33.9 Å². The Balaban J connectivity index is 1.32. The highest BCUT2D eigenvalue weighted by Gasteiger charge is 2.31. The zero-order valence-electron chi connectivity index (χ0n) is 21.0. The molecule has 1 unspecified atom stereocenters. The molecule has 3 heterocycles. The van der Waals surface area contributed by atoms with Crippen molar-refractivity contribution in [1.82, 2.24) is 25.4 Å². The van der Waals surface area contributed by atoms with Crippen molar-refractivity contribution in [2.24, 2.45) is 5.92 Å². The van der Waals surface area contributed by atoms with Gasteiger partial charge in [0.1, 0.15) is 6.04 Å². The van der Waals surface area contributed by atoms with E-state index >= 15 is 0 Å². The van der Waals surface area contributed by atoms with Crippen molar-refractivity contribution >= 4 is 40.4 Å². The van der Waals surface area contributed by atoms with Crippen LogP contribution in [0.25, 0.3) is 0 Å². The Bertz CT molecular complexity index is 1220. The molecule has 3 N–H and O–H groups in total. The lowest BCUT2D eigenvalue weighted by molar-refractivity contribution is -0.123. The van der Waals surface area contributed by atoms with Gasteiger partial charge in [-0.15, -0.1) is 11.3 Å². The van der Waals surface area contributed by atoms with Crippen LogP contribution < -0.4 is 16.0 Å². The van der Waals surface area contributed by atoms with Gasteiger partial charge in [0.2, 0.25) is 5.91 Å². The van der Waals surface area contributed by atoms with E-state index in [0.29, 0.717) is 28.8 Å². The fourth-order valence-electron chi connectivity index (χ4n) is 4.88. The molecule has 2 aliphatic carbocycles. The summed E-state index contributed by atoms with van der Waals surface area (Å²) in [5.41, 5.74) is 1.67. The van der Waals surface area contributed by atoms with Crippen molar-refractivity contribution in [3.63, 3.8) is 0 Å². The van der Waals surface area contributed by atoms with Crippen molar-refractivity contribution in [2.45, 2.75) is 76.5 Å². The normalized spacial score (nSPS) is 17.4. The number of hydrogen-bond acceptors (Lipinski definition) is 6. The number of halogens is 1. The highest BCUT2D eigenvalue weighted by molar-refractivity contribution is 7.14. The number of pyridine rings is 1. The van der Waals surface area contributed by atoms with Gasteiger partial charge >= 0.3 is 0 Å². The Kier molecular flexibility index (Phi) is 8.10. The summed E-state index contributed by atoms with van der Waals surface area (Å²) < 4.78 is 1.85. The average molecular weight is 541 g/mol. The van der Waals surface area contributed by atoms with Crippen LogP contribution in [0, 0.1) is 12.8 Å². The quantitative estimate of drug-likeness (QED) is 0.314. The van der Waals surface area contributed by atoms with Crippen LogP contribution in [0.2, 0.25) is 5.02 Å². The minimum atomic E-state index is -0.500. The lowest BCUT2D eigenvalue weighted by atomic mass is 9.97. The van der Waals surface area contributed by atoms with Gasteiger partial charge in [-0.1, -0.05) is 37.3 Å². The minimum absolute atomic E-state index is 0.0540. The maximum absolute atomic E-state index is 13.3. The molecule has 2 fully saturated rings. The first-order valence-corrected chi connectivity index (χ1v) is 14.2. The number of aromatic nitrogens is 3. The summed E-state index contributed by atoms with van der Waals surface area (Å²) in [6.45, 7) is 2.49. The third kappa shape index (κ3) is 6.90. The molecule has 8 nitrogen and oxygen atoms in total. The zero-order chi connectivity index (χ0) is 25.8. The highest BCUT2D eigenvalue weighted by atomic mass is 35.5. The smallest absolute Gasteiger partial charge is 0.262 e. The molecule has 2 atom stereocenters. The van der Waals surface area contributed by atoms with Crippen LogP contribution in [0.15, 0.2) is 42.9 Å². The van der Waals surface area contributed by atoms with E-state index in [9.17, 15) is 9.59 Å². The van der Waals surface area contributed by atoms with Crippen molar-refractivity contribution in [1.29, 1.82) is 0 Å². The second-order valence-electron chi connectivity index (χ2n) is 10.1. The number of carbonyl (C=O) groups is 2. The molecular weight excluding hydrogens is 508 g/mol. The van der Waals surface area contributed by atoms with E-state index in [1.54, 1.807) is 12.4 Å². The summed E-state index contributed by atoms with van der Waals surface area (Å²) in [6.07, 6.45) is 12.7. The summed E-state index contributed by atoms with van der Waals surface area (Å²) in [6, 6.07) is 7.15. The van der Waals surface area contributed by atoms with Crippen molar-refractivity contribution in [3.8, 4) is 0 Å². The molecule has 0 aliphatic heterocycles. The maximum atomic E-state index is 13.3. The Hall–Kier alpha value is -2.91. The molecule has 5 rings (SSSR count). The van der Waals surface area contributed by atoms with Gasteiger partial charge in [0, 0.05) is 29.5 Å². The number of aryl methyl sites for hydroxylation is 1. The Labute approximate surface area is 226 Å². The van der Waals surface area contributed by atoms with Crippen LogP contribution in [0.4, 0.5) is 5.69 Å². The van der Waals surface area contributed by atoms with E-state index in [1.165, 1.54) is 24.2 Å². The van der Waals surface area contributed by atoms with Gasteiger partial charge in [-0.3, -0.25) is 19.3 Å². The fraction of sp³-hybridized carbons (Fsp3) is 0.481. The number of nitrogens with zero attached hydrogens (tertiary/aromatic N) is 3. The molecular formula is C27H33ClN6O2S. The minimum Gasteiger partial charge on any atom is -0.374 e. The number of thiophene rings is 1. The molecule has 196 valence electrons. The van der Waals surface area contributed by atoms with Crippen LogP contribution in [-0.4, -0.2) is 38.7 Å². The fourth-order valence-corrected chi connectivity index (χ4v) is 5.99. The monoisotopic (exact) mass is 540 g/mol. The summed E-state index contributed by atoms with van der Waals surface area (Å²) >= 11 is 7.62. The van der Waals surface area contributed by atoms with Gasteiger partial charge in [-0.05, 0) is 56.4 Å². The predicted octanol–water partition coefficient (Wildman–Crippen LogP) is 5.11. The molecule has 3 aromatic heterocycles. The first-order valence-electron chi connectivity index (χ1n) is 13.0. The number of carbonyl (C=O) groups excluding carboxylic acids is 2. The molecule has 0 radical (unpaired) electrons. The topological polar surface area (TPSA) is 101 Å². The van der Waals surface area contributed by atoms with E-state index in [2.05, 4.69) is 26.0 Å². The Morgan fingerprint density at radius 2 is 2.03 bits per heavy atom. The lowest BCUT2D eigenvalue weighted by Gasteiger charge is -2.21. The average Bonchev–Trinajstić information content (AvgIpc) is 3.31. The molecule has 3 aromatic rings. The third-order valence-corrected chi connectivity index (χ3v) is 8.50. The summed E-state index contributed by atoms with van der Waals surface area (Å²) in [5, 5.41) is 14.6. The molecule has 2 saturated carbocycles. The van der Waals surface area contributed by atoms with Gasteiger partial charge in [-0.2, -0.15) is 5.10 Å². The van der Waals surface area contributed by atoms with E-state index in [1.807, 2.05) is 42.1 Å². The predicted molar refractivity (Wildman–Crippen MR) is 146 cm³/mol. The molecule has 0 saturated heterocycles. The second-order valence-corrected chi connectivity index (χ2v) is 11.7. The van der Waals surface area contributed by atoms with E-state index < -0.39 is 6.04 Å². The van der Waals surface area contributed by atoms with Gasteiger partial charge in [0.25, 0.3) is 5.91 Å². The number of rotatable bonds is 11. The molecule has 10 heteroatoms. The van der Waals surface area contributed by atoms with Gasteiger partial charge < -0.3 is 16.0 Å². The number of amides is 2. The van der Waals surface area contributed by atoms with Crippen LogP contribution >= 0.6 is 22.9 Å². The van der Waals surface area contributed by atoms with Crippen molar-refractivity contribution < 1.29 is 9.59 Å². The SMILES string of the molecule is Cc1ncc(Cl)cc1NC(Cn1cccn1)c1ccc(C(=O)N[C@@H](CC2CCCC2)C(=O)NC2CC2)s1. The summed E-state index contributed by atoms with van der Waals surface area (Å²) in [4.78, 5) is 32.2. The van der Waals surface area contributed by atoms with Crippen molar-refractivity contribution in [3.05, 3.63) is 63.3 Å². The lowest BCUT2D eigenvalue weighted by Crippen LogP contribution is -2.48. The molecule has 0 bridgehead atoms. The number of hydrogen-bond donors (Lipinski definition) is 3. The Morgan fingerprint density at radius 1 is 1.22 bits per heavy atom. The van der Waals surface area contributed by atoms with Crippen LogP contribution in [0.3, 0.4) is 0 Å². The highest BCUT2D eigenvalue weighted by Crippen LogP contribution is 2.31. The van der Waals surface area contributed by atoms with E-state index in [-0.39, 0.29) is 23.9 Å². The van der Waals surface area contributed by atoms with Crippen LogP contribution in [-0.2, 0) is 11.3 Å². The van der Waals surface area contributed by atoms with Crippen molar-refractivity contribution in [2.75, 3.05) is 5.32 Å². The first-order chi connectivity index (χ1) is 17.9. The first kappa shape index (κ1) is 25.7. The maximum Gasteiger partial charge on any atom is 0.262 e. The van der Waals surface area contributed by atoms with Crippen LogP contribution in [0.1, 0.15) is 71.2 Å². The summed E-state index contributed by atoms with van der Waals surface area (Å²) in [7, 11) is 0. The molecule has 37 heavy (non-hydrogen) atoms. The third-order valence-electron chi connectivity index (χ3n) is 7.10. The second kappa shape index (κ2) is 11.6. The largest absolute Gasteiger partial charge is 0.374 e. The molecule has 0 spiro atoms. The van der Waals surface area contributed by atoms with E-state index in [0.717, 1.165) is 41.9 Å². The van der Waals surface area contributed by atoms with Crippen LogP contribution in [0.5, 0.6) is 0 Å². The zero-order valence-corrected chi connectivity index (χ0v) is 22.5. The standard InChI is InChI=1S/C27H33ClN6O2S/c1-17-21(14-19(28)15-29-17)32-23(16-34-12-4-11-30-34)24-9-10-25(37-24)27(36)33-22(13-18-5-2-3-6-18)26(35)31-20-7-8-20/h4,9-12,14-15,18,20,22-23,32H,2-3,5-8,13,16H2,1H3,(H,31,35)(H,33,36)/t22-,23?/m0/s1. The molecule has 2 amide bonds. The molecule has 2 aliphatic rings. The number of nitrogens with one attached hydrogen (secondary N) is 3. The van der Waals surface area contributed by atoms with Gasteiger partial charge in [-0.25, -0.2) is 0 Å². The summed E-state index contributed by atoms with van der Waals surface area (Å²) in [5.74, 6) is 0.233. The van der Waals surface area contributed by atoms with Gasteiger partial charge in [0.15, 0.2) is 0 Å². The Morgan fingerprint density at radius 3 is 2.76 bits per heavy atom. The number of anilines is 1.